The monoisotopic (exact) mass is 301 g/mol. The van der Waals surface area contributed by atoms with Crippen molar-refractivity contribution in [2.75, 3.05) is 5.32 Å². The van der Waals surface area contributed by atoms with Gasteiger partial charge in [-0.25, -0.2) is 14.4 Å². The summed E-state index contributed by atoms with van der Waals surface area (Å²) in [5.74, 6) is -0.713. The van der Waals surface area contributed by atoms with E-state index in [4.69, 9.17) is 0 Å². The summed E-state index contributed by atoms with van der Waals surface area (Å²) in [6.07, 6.45) is 0.0643. The van der Waals surface area contributed by atoms with Crippen LogP contribution < -0.4 is 5.32 Å². The summed E-state index contributed by atoms with van der Waals surface area (Å²) in [5, 5.41) is 2.57. The van der Waals surface area contributed by atoms with Crippen molar-refractivity contribution >= 4 is 17.6 Å². The molecule has 1 N–H and O–H groups in total. The van der Waals surface area contributed by atoms with Crippen LogP contribution in [-0.2, 0) is 4.79 Å². The van der Waals surface area contributed by atoms with E-state index >= 15 is 0 Å². The number of anilines is 1. The molecule has 0 bridgehead atoms. The van der Waals surface area contributed by atoms with Crippen LogP contribution >= 0.6 is 0 Å². The van der Waals surface area contributed by atoms with Gasteiger partial charge in [-0.05, 0) is 44.2 Å². The van der Waals surface area contributed by atoms with Gasteiger partial charge in [-0.2, -0.15) is 0 Å². The first-order valence-corrected chi connectivity index (χ1v) is 6.85. The van der Waals surface area contributed by atoms with E-state index in [0.29, 0.717) is 5.56 Å². The zero-order chi connectivity index (χ0) is 16.1. The summed E-state index contributed by atoms with van der Waals surface area (Å²) in [6.45, 7) is 3.62. The smallest absolute Gasteiger partial charge is 0.229 e. The van der Waals surface area contributed by atoms with E-state index in [9.17, 15) is 14.0 Å². The van der Waals surface area contributed by atoms with Crippen molar-refractivity contribution in [1.82, 2.24) is 9.97 Å². The molecule has 2 aromatic rings. The highest BCUT2D eigenvalue weighted by Gasteiger charge is 2.11. The van der Waals surface area contributed by atoms with Gasteiger partial charge in [0.05, 0.1) is 0 Å². The molecule has 5 nitrogen and oxygen atoms in total. The fourth-order valence-corrected chi connectivity index (χ4v) is 1.98. The molecule has 0 aliphatic carbocycles. The quantitative estimate of drug-likeness (QED) is 0.862. The molecule has 22 heavy (non-hydrogen) atoms. The second-order valence-corrected chi connectivity index (χ2v) is 4.95. The summed E-state index contributed by atoms with van der Waals surface area (Å²) < 4.78 is 12.8. The minimum atomic E-state index is -0.402. The first kappa shape index (κ1) is 15.8. The lowest BCUT2D eigenvalue weighted by Crippen LogP contribution is -2.16. The van der Waals surface area contributed by atoms with Crippen LogP contribution in [0.25, 0.3) is 0 Å². The number of hydrogen-bond donors (Lipinski definition) is 1. The summed E-state index contributed by atoms with van der Waals surface area (Å²) in [7, 11) is 0. The van der Waals surface area contributed by atoms with Crippen LogP contribution in [0.15, 0.2) is 30.3 Å². The first-order valence-electron chi connectivity index (χ1n) is 6.85. The maximum absolute atomic E-state index is 12.8. The Bertz CT molecular complexity index is 679. The molecule has 1 amide bonds. The molecule has 0 radical (unpaired) electrons. The topological polar surface area (TPSA) is 72.0 Å². The van der Waals surface area contributed by atoms with Gasteiger partial charge in [-0.15, -0.1) is 0 Å². The molecule has 0 atom stereocenters. The maximum Gasteiger partial charge on any atom is 0.229 e. The third-order valence-corrected chi connectivity index (χ3v) is 2.98. The van der Waals surface area contributed by atoms with E-state index in [0.717, 1.165) is 11.4 Å². The SMILES string of the molecule is Cc1cc(C)nc(NC(=O)CCC(=O)c2ccc(F)cc2)n1. The Labute approximate surface area is 127 Å². The number of nitrogens with zero attached hydrogens (tertiary/aromatic N) is 2. The van der Waals surface area contributed by atoms with Gasteiger partial charge in [0.25, 0.3) is 0 Å². The molecule has 1 aromatic heterocycles. The highest BCUT2D eigenvalue weighted by atomic mass is 19.1. The summed E-state index contributed by atoms with van der Waals surface area (Å²) in [4.78, 5) is 31.9. The summed E-state index contributed by atoms with van der Waals surface area (Å²) in [6, 6.07) is 7.05. The predicted octanol–water partition coefficient (Wildman–Crippen LogP) is 2.83. The standard InChI is InChI=1S/C16H16FN3O2/c1-10-9-11(2)19-16(18-10)20-15(22)8-7-14(21)12-3-5-13(17)6-4-12/h3-6,9H,7-8H2,1-2H3,(H,18,19,20,22). The van der Waals surface area contributed by atoms with Gasteiger partial charge >= 0.3 is 0 Å². The van der Waals surface area contributed by atoms with E-state index < -0.39 is 5.82 Å². The number of hydrogen-bond acceptors (Lipinski definition) is 4. The highest BCUT2D eigenvalue weighted by Crippen LogP contribution is 2.09. The maximum atomic E-state index is 12.8. The number of nitrogens with one attached hydrogen (secondary N) is 1. The lowest BCUT2D eigenvalue weighted by atomic mass is 10.1. The third kappa shape index (κ3) is 4.44. The van der Waals surface area contributed by atoms with Gasteiger partial charge in [0, 0.05) is 29.8 Å². The largest absolute Gasteiger partial charge is 0.295 e. The number of carbonyl (C=O) groups excluding carboxylic acids is 2. The van der Waals surface area contributed by atoms with Crippen LogP contribution in [0.5, 0.6) is 0 Å². The molecule has 2 rings (SSSR count). The van der Waals surface area contributed by atoms with Crippen molar-refractivity contribution in [3.63, 3.8) is 0 Å². The average molecular weight is 301 g/mol. The van der Waals surface area contributed by atoms with E-state index in [1.807, 2.05) is 13.8 Å². The van der Waals surface area contributed by atoms with Crippen molar-refractivity contribution in [1.29, 1.82) is 0 Å². The van der Waals surface area contributed by atoms with Crippen LogP contribution in [0.1, 0.15) is 34.6 Å². The van der Waals surface area contributed by atoms with Crippen LogP contribution in [0.2, 0.25) is 0 Å². The normalized spacial score (nSPS) is 10.3. The zero-order valence-corrected chi connectivity index (χ0v) is 12.4. The van der Waals surface area contributed by atoms with Crippen LogP contribution in [-0.4, -0.2) is 21.7 Å². The van der Waals surface area contributed by atoms with Gasteiger partial charge in [0.15, 0.2) is 5.78 Å². The molecule has 0 saturated heterocycles. The summed E-state index contributed by atoms with van der Waals surface area (Å²) >= 11 is 0. The van der Waals surface area contributed by atoms with Crippen LogP contribution in [0, 0.1) is 19.7 Å². The molecule has 0 aliphatic heterocycles. The number of aryl methyl sites for hydroxylation is 2. The average Bonchev–Trinajstić information content (AvgIpc) is 2.44. The van der Waals surface area contributed by atoms with Gasteiger partial charge in [0.1, 0.15) is 5.82 Å². The number of amides is 1. The Morgan fingerprint density at radius 2 is 1.64 bits per heavy atom. The fourth-order valence-electron chi connectivity index (χ4n) is 1.98. The lowest BCUT2D eigenvalue weighted by molar-refractivity contribution is -0.116. The highest BCUT2D eigenvalue weighted by molar-refractivity contribution is 5.99. The first-order chi connectivity index (χ1) is 10.4. The number of aromatic nitrogens is 2. The third-order valence-electron chi connectivity index (χ3n) is 2.98. The Morgan fingerprint density at radius 3 is 2.23 bits per heavy atom. The number of halogens is 1. The molecular formula is C16H16FN3O2. The van der Waals surface area contributed by atoms with Crippen molar-refractivity contribution in [2.45, 2.75) is 26.7 Å². The number of rotatable bonds is 5. The number of carbonyl (C=O) groups is 2. The van der Waals surface area contributed by atoms with Crippen molar-refractivity contribution in [2.24, 2.45) is 0 Å². The zero-order valence-electron chi connectivity index (χ0n) is 12.4. The van der Waals surface area contributed by atoms with Gasteiger partial charge in [-0.1, -0.05) is 0 Å². The van der Waals surface area contributed by atoms with Crippen LogP contribution in [0.3, 0.4) is 0 Å². The minimum absolute atomic E-state index is 0.0204. The van der Waals surface area contributed by atoms with E-state index in [1.165, 1.54) is 24.3 Å². The number of Topliss-reactive ketones (excluding diaryl/α,β-unsaturated/α-hetero) is 1. The van der Waals surface area contributed by atoms with E-state index in [2.05, 4.69) is 15.3 Å². The molecule has 0 unspecified atom stereocenters. The van der Waals surface area contributed by atoms with Gasteiger partial charge in [0.2, 0.25) is 11.9 Å². The summed E-state index contributed by atoms with van der Waals surface area (Å²) in [5.41, 5.74) is 1.90. The second-order valence-electron chi connectivity index (χ2n) is 4.95. The molecule has 0 spiro atoms. The predicted molar refractivity (Wildman–Crippen MR) is 80.1 cm³/mol. The van der Waals surface area contributed by atoms with Crippen molar-refractivity contribution in [3.8, 4) is 0 Å². The molecular weight excluding hydrogens is 285 g/mol. The molecule has 6 heteroatoms. The Morgan fingerprint density at radius 1 is 1.05 bits per heavy atom. The van der Waals surface area contributed by atoms with Gasteiger partial charge in [-0.3, -0.25) is 14.9 Å². The lowest BCUT2D eigenvalue weighted by Gasteiger charge is -2.05. The number of ketones is 1. The fraction of sp³-hybridized carbons (Fsp3) is 0.250. The second kappa shape index (κ2) is 6.89. The van der Waals surface area contributed by atoms with Crippen LogP contribution in [0.4, 0.5) is 10.3 Å². The number of benzene rings is 1. The molecule has 0 aliphatic rings. The van der Waals surface area contributed by atoms with E-state index in [-0.39, 0.29) is 30.5 Å². The molecule has 0 fully saturated rings. The Kier molecular flexibility index (Phi) is 4.93. The minimum Gasteiger partial charge on any atom is -0.295 e. The molecule has 1 aromatic carbocycles. The molecule has 0 saturated carbocycles. The Hall–Kier alpha value is -2.63. The van der Waals surface area contributed by atoms with Gasteiger partial charge < -0.3 is 0 Å². The van der Waals surface area contributed by atoms with E-state index in [1.54, 1.807) is 6.07 Å². The molecule has 114 valence electrons. The van der Waals surface area contributed by atoms with Crippen molar-refractivity contribution in [3.05, 3.63) is 53.1 Å². The van der Waals surface area contributed by atoms with Crippen molar-refractivity contribution < 1.29 is 14.0 Å². The Balaban J connectivity index is 1.89. The molecule has 1 heterocycles.